The van der Waals surface area contributed by atoms with Gasteiger partial charge in [-0.1, -0.05) is 37.5 Å². The fraction of sp³-hybridized carbons (Fsp3) is 0.412. The molecule has 3 rings (SSSR count). The zero-order chi connectivity index (χ0) is 14.1. The number of carbonyl (C=O) groups is 1. The molecule has 3 heteroatoms. The highest BCUT2D eigenvalue weighted by molar-refractivity contribution is 6.02. The summed E-state index contributed by atoms with van der Waals surface area (Å²) < 4.78 is 0. The van der Waals surface area contributed by atoms with Crippen LogP contribution < -0.4 is 5.11 Å². The lowest BCUT2D eigenvalue weighted by molar-refractivity contribution is -0.254. The van der Waals surface area contributed by atoms with Crippen molar-refractivity contribution in [2.75, 3.05) is 0 Å². The molecule has 0 unspecified atom stereocenters. The van der Waals surface area contributed by atoms with Crippen LogP contribution in [0.1, 0.15) is 59.6 Å². The third kappa shape index (κ3) is 2.28. The van der Waals surface area contributed by atoms with Gasteiger partial charge in [0.1, 0.15) is 0 Å². The summed E-state index contributed by atoms with van der Waals surface area (Å²) in [6.07, 6.45) is 5.90. The summed E-state index contributed by atoms with van der Waals surface area (Å²) in [5.74, 6) is -0.717. The standard InChI is InChI=1S/C17H19NO2/c1-11-6-5-9-13-14(17(19)20)10-15(18-16(11)13)12-7-3-2-4-8-12/h5-6,9-10,12H,2-4,7-8H2,1H3,(H,19,20)/p-1. The maximum absolute atomic E-state index is 11.4. The summed E-state index contributed by atoms with van der Waals surface area (Å²) in [5.41, 5.74) is 3.02. The summed E-state index contributed by atoms with van der Waals surface area (Å²) in [7, 11) is 0. The summed E-state index contributed by atoms with van der Waals surface area (Å²) in [6, 6.07) is 7.38. The molecule has 2 aromatic rings. The van der Waals surface area contributed by atoms with E-state index in [4.69, 9.17) is 4.98 Å². The van der Waals surface area contributed by atoms with Gasteiger partial charge in [-0.3, -0.25) is 4.98 Å². The van der Waals surface area contributed by atoms with Gasteiger partial charge in [0.25, 0.3) is 0 Å². The first-order valence-corrected chi connectivity index (χ1v) is 7.28. The molecule has 1 aromatic heterocycles. The monoisotopic (exact) mass is 268 g/mol. The SMILES string of the molecule is Cc1cccc2c(C(=O)[O-])cc(C3CCCCC3)nc12. The molecule has 3 nitrogen and oxygen atoms in total. The fourth-order valence-electron chi connectivity index (χ4n) is 3.19. The minimum atomic E-state index is -1.11. The quantitative estimate of drug-likeness (QED) is 0.841. The molecular weight excluding hydrogens is 250 g/mol. The molecule has 0 bridgehead atoms. The molecule has 0 aliphatic heterocycles. The summed E-state index contributed by atoms with van der Waals surface area (Å²) in [5, 5.41) is 12.1. The second kappa shape index (κ2) is 5.23. The number of carboxylic acid groups (broad SMARTS) is 1. The van der Waals surface area contributed by atoms with Crippen LogP contribution in [0.3, 0.4) is 0 Å². The van der Waals surface area contributed by atoms with Crippen molar-refractivity contribution < 1.29 is 9.90 Å². The topological polar surface area (TPSA) is 53.0 Å². The van der Waals surface area contributed by atoms with E-state index in [0.29, 0.717) is 11.3 Å². The number of carboxylic acids is 1. The van der Waals surface area contributed by atoms with E-state index in [0.717, 1.165) is 29.6 Å². The van der Waals surface area contributed by atoms with Crippen molar-refractivity contribution in [2.24, 2.45) is 0 Å². The number of hydrogen-bond acceptors (Lipinski definition) is 3. The molecule has 0 spiro atoms. The van der Waals surface area contributed by atoms with Crippen LogP contribution in [0.25, 0.3) is 10.9 Å². The number of nitrogens with zero attached hydrogens (tertiary/aromatic N) is 1. The number of hydrogen-bond donors (Lipinski definition) is 0. The van der Waals surface area contributed by atoms with Gasteiger partial charge >= 0.3 is 0 Å². The number of aromatic nitrogens is 1. The number of aryl methyl sites for hydroxylation is 1. The highest BCUT2D eigenvalue weighted by Crippen LogP contribution is 2.33. The van der Waals surface area contributed by atoms with Crippen LogP contribution in [0.2, 0.25) is 0 Å². The molecule has 0 atom stereocenters. The van der Waals surface area contributed by atoms with Gasteiger partial charge in [-0.2, -0.15) is 0 Å². The van der Waals surface area contributed by atoms with Gasteiger partial charge in [0, 0.05) is 22.6 Å². The average molecular weight is 268 g/mol. The Labute approximate surface area is 118 Å². The largest absolute Gasteiger partial charge is 0.545 e. The first-order valence-electron chi connectivity index (χ1n) is 7.28. The second-order valence-electron chi connectivity index (χ2n) is 5.69. The number of pyridine rings is 1. The molecule has 0 radical (unpaired) electrons. The molecule has 1 aromatic carbocycles. The Kier molecular flexibility index (Phi) is 3.43. The van der Waals surface area contributed by atoms with Crippen LogP contribution in [0, 0.1) is 6.92 Å². The Morgan fingerprint density at radius 3 is 2.70 bits per heavy atom. The Hall–Kier alpha value is -1.90. The molecular formula is C17H18NO2-. The zero-order valence-corrected chi connectivity index (χ0v) is 11.7. The second-order valence-corrected chi connectivity index (χ2v) is 5.69. The third-order valence-corrected chi connectivity index (χ3v) is 4.30. The van der Waals surface area contributed by atoms with Gasteiger partial charge < -0.3 is 9.90 Å². The first-order chi connectivity index (χ1) is 9.66. The van der Waals surface area contributed by atoms with Crippen molar-refractivity contribution in [1.29, 1.82) is 0 Å². The highest BCUT2D eigenvalue weighted by atomic mass is 16.4. The van der Waals surface area contributed by atoms with Crippen molar-refractivity contribution in [3.8, 4) is 0 Å². The smallest absolute Gasteiger partial charge is 0.0741 e. The predicted molar refractivity (Wildman–Crippen MR) is 76.6 cm³/mol. The number of fused-ring (bicyclic) bond motifs is 1. The van der Waals surface area contributed by atoms with E-state index in [2.05, 4.69) is 0 Å². The molecule has 1 heterocycles. The lowest BCUT2D eigenvalue weighted by Gasteiger charge is -2.22. The van der Waals surface area contributed by atoms with Gasteiger partial charge in [-0.25, -0.2) is 0 Å². The molecule has 1 aliphatic carbocycles. The first kappa shape index (κ1) is 13.1. The van der Waals surface area contributed by atoms with E-state index in [9.17, 15) is 9.90 Å². The van der Waals surface area contributed by atoms with E-state index in [1.165, 1.54) is 19.3 Å². The van der Waals surface area contributed by atoms with E-state index in [1.807, 2.05) is 25.1 Å². The summed E-state index contributed by atoms with van der Waals surface area (Å²) >= 11 is 0. The lowest BCUT2D eigenvalue weighted by Crippen LogP contribution is -2.23. The van der Waals surface area contributed by atoms with Gasteiger partial charge in [0.05, 0.1) is 11.5 Å². The third-order valence-electron chi connectivity index (χ3n) is 4.30. The van der Waals surface area contributed by atoms with Gasteiger partial charge in [-0.05, 0) is 31.4 Å². The Morgan fingerprint density at radius 1 is 1.25 bits per heavy atom. The maximum atomic E-state index is 11.4. The number of para-hydroxylation sites is 1. The molecule has 1 fully saturated rings. The van der Waals surface area contributed by atoms with Gasteiger partial charge in [0.2, 0.25) is 0 Å². The summed E-state index contributed by atoms with van der Waals surface area (Å²) in [4.78, 5) is 16.2. The normalized spacial score (nSPS) is 16.4. The number of carbonyl (C=O) groups excluding carboxylic acids is 1. The Balaban J connectivity index is 2.18. The van der Waals surface area contributed by atoms with Crippen molar-refractivity contribution in [3.05, 3.63) is 41.1 Å². The van der Waals surface area contributed by atoms with Crippen molar-refractivity contribution in [1.82, 2.24) is 4.98 Å². The number of aromatic carboxylic acids is 1. The van der Waals surface area contributed by atoms with E-state index < -0.39 is 5.97 Å². The zero-order valence-electron chi connectivity index (χ0n) is 11.7. The fourth-order valence-corrected chi connectivity index (χ4v) is 3.19. The minimum Gasteiger partial charge on any atom is -0.545 e. The molecule has 0 amide bonds. The van der Waals surface area contributed by atoms with Crippen LogP contribution in [0.5, 0.6) is 0 Å². The lowest BCUT2D eigenvalue weighted by atomic mass is 9.86. The molecule has 0 N–H and O–H groups in total. The van der Waals surface area contributed by atoms with Gasteiger partial charge in [0.15, 0.2) is 0 Å². The van der Waals surface area contributed by atoms with Crippen LogP contribution >= 0.6 is 0 Å². The molecule has 0 saturated heterocycles. The molecule has 20 heavy (non-hydrogen) atoms. The van der Waals surface area contributed by atoms with Crippen LogP contribution in [0.4, 0.5) is 0 Å². The minimum absolute atomic E-state index is 0.277. The van der Waals surface area contributed by atoms with Crippen LogP contribution in [-0.4, -0.2) is 11.0 Å². The molecule has 1 saturated carbocycles. The van der Waals surface area contributed by atoms with Crippen molar-refractivity contribution in [3.63, 3.8) is 0 Å². The average Bonchev–Trinajstić information content (AvgIpc) is 2.47. The predicted octanol–water partition coefficient (Wildman–Crippen LogP) is 2.95. The summed E-state index contributed by atoms with van der Waals surface area (Å²) in [6.45, 7) is 1.97. The van der Waals surface area contributed by atoms with E-state index in [-0.39, 0.29) is 5.56 Å². The maximum Gasteiger partial charge on any atom is 0.0741 e. The molecule has 104 valence electrons. The van der Waals surface area contributed by atoms with Crippen LogP contribution in [-0.2, 0) is 0 Å². The molecule has 1 aliphatic rings. The number of rotatable bonds is 2. The highest BCUT2D eigenvalue weighted by Gasteiger charge is 2.19. The Morgan fingerprint density at radius 2 is 2.00 bits per heavy atom. The van der Waals surface area contributed by atoms with Gasteiger partial charge in [-0.15, -0.1) is 0 Å². The van der Waals surface area contributed by atoms with E-state index in [1.54, 1.807) is 6.07 Å². The van der Waals surface area contributed by atoms with E-state index >= 15 is 0 Å². The van der Waals surface area contributed by atoms with Crippen LogP contribution in [0.15, 0.2) is 24.3 Å². The van der Waals surface area contributed by atoms with Crippen molar-refractivity contribution in [2.45, 2.75) is 44.9 Å². The number of benzene rings is 1. The van der Waals surface area contributed by atoms with Crippen molar-refractivity contribution >= 4 is 16.9 Å². The Bertz CT molecular complexity index is 657.